The van der Waals surface area contributed by atoms with Crippen LogP contribution in [0.5, 0.6) is 28.7 Å². The third-order valence-electron chi connectivity index (χ3n) is 10.3. The number of methoxy groups -OCH3 is 2. The average Bonchev–Trinajstić information content (AvgIpc) is 3.56. The number of nitriles is 1. The molecule has 4 bridgehead atoms. The van der Waals surface area contributed by atoms with Gasteiger partial charge in [0.15, 0.2) is 29.8 Å². The summed E-state index contributed by atoms with van der Waals surface area (Å²) >= 11 is 1.43. The topological polar surface area (TPSA) is 158 Å². The number of piperazine rings is 1. The number of thioether (sulfide) groups is 1. The summed E-state index contributed by atoms with van der Waals surface area (Å²) in [7, 11) is 5.18. The van der Waals surface area contributed by atoms with Crippen molar-refractivity contribution in [1.29, 1.82) is 5.26 Å². The zero-order chi connectivity index (χ0) is 35.6. The number of carbonyl (C=O) groups excluding carboxylic acids is 3. The first-order chi connectivity index (χ1) is 24.0. The summed E-state index contributed by atoms with van der Waals surface area (Å²) in [5.41, 5.74) is 4.78. The number of cyclic esters (lactones) is 1. The Hall–Kier alpha value is -4.23. The maximum atomic E-state index is 13.5. The smallest absolute Gasteiger partial charge is 0.329 e. The van der Waals surface area contributed by atoms with Gasteiger partial charge in [-0.05, 0) is 38.4 Å². The van der Waals surface area contributed by atoms with E-state index >= 15 is 0 Å². The van der Waals surface area contributed by atoms with Crippen LogP contribution in [0.1, 0.15) is 64.6 Å². The number of carbonyl (C=O) groups is 3. The largest absolute Gasteiger partial charge is 0.493 e. The number of nitrogens with zero attached hydrogens (tertiary/aromatic N) is 3. The second-order valence-corrected chi connectivity index (χ2v) is 14.3. The highest BCUT2D eigenvalue weighted by molar-refractivity contribution is 7.99. The van der Waals surface area contributed by atoms with Crippen LogP contribution in [0.15, 0.2) is 6.07 Å². The molecular weight excluding hydrogens is 668 g/mol. The first kappa shape index (κ1) is 34.2. The van der Waals surface area contributed by atoms with Crippen LogP contribution in [0.3, 0.4) is 0 Å². The monoisotopic (exact) mass is 708 g/mol. The number of aryl methyl sites for hydroxylation is 1. The Morgan fingerprint density at radius 3 is 2.52 bits per heavy atom. The molecule has 1 N–H and O–H groups in total. The van der Waals surface area contributed by atoms with Crippen molar-refractivity contribution < 1.29 is 47.5 Å². The molecule has 5 aliphatic heterocycles. The fraction of sp³-hybridized carbons (Fsp3) is 0.543. The van der Waals surface area contributed by atoms with E-state index < -0.39 is 41.4 Å². The number of likely N-dealkylation sites (N-methyl/N-ethyl adjacent to an activating group) is 1. The fourth-order valence-electron chi connectivity index (χ4n) is 8.55. The third-order valence-corrected chi connectivity index (χ3v) is 11.7. The van der Waals surface area contributed by atoms with Crippen molar-refractivity contribution in [3.05, 3.63) is 39.4 Å². The molecule has 7 rings (SSSR count). The van der Waals surface area contributed by atoms with Gasteiger partial charge in [0.05, 0.1) is 30.5 Å². The minimum absolute atomic E-state index is 0.0153. The van der Waals surface area contributed by atoms with Gasteiger partial charge in [-0.1, -0.05) is 6.07 Å². The number of benzene rings is 2. The van der Waals surface area contributed by atoms with Gasteiger partial charge in [0.1, 0.15) is 24.4 Å². The lowest BCUT2D eigenvalue weighted by atomic mass is 9.71. The molecule has 50 heavy (non-hydrogen) atoms. The molecule has 0 spiro atoms. The van der Waals surface area contributed by atoms with E-state index in [-0.39, 0.29) is 43.9 Å². The number of esters is 2. The van der Waals surface area contributed by atoms with Crippen molar-refractivity contribution in [2.75, 3.05) is 47.2 Å². The molecular formula is C35H40N4O10S. The predicted molar refractivity (Wildman–Crippen MR) is 178 cm³/mol. The molecule has 2 saturated heterocycles. The molecule has 0 aromatic heterocycles. The van der Waals surface area contributed by atoms with Crippen molar-refractivity contribution in [2.45, 2.75) is 75.6 Å². The second kappa shape index (κ2) is 13.1. The Morgan fingerprint density at radius 1 is 1.08 bits per heavy atom. The molecule has 1 unspecified atom stereocenters. The van der Waals surface area contributed by atoms with E-state index in [1.807, 2.05) is 20.9 Å². The zero-order valence-electron chi connectivity index (χ0n) is 29.0. The van der Waals surface area contributed by atoms with Crippen LogP contribution in [-0.4, -0.2) is 99.0 Å². The quantitative estimate of drug-likeness (QED) is 0.265. The van der Waals surface area contributed by atoms with E-state index in [4.69, 9.17) is 33.2 Å². The number of fused-ring (bicyclic) bond motifs is 9. The molecule has 2 aromatic rings. The fourth-order valence-corrected chi connectivity index (χ4v) is 10.1. The number of hydrogen-bond donors (Lipinski definition) is 1. The molecule has 15 heteroatoms. The van der Waals surface area contributed by atoms with E-state index in [1.54, 1.807) is 14.2 Å². The van der Waals surface area contributed by atoms with E-state index in [1.165, 1.54) is 25.6 Å². The van der Waals surface area contributed by atoms with Crippen molar-refractivity contribution in [3.8, 4) is 34.8 Å². The Balaban J connectivity index is 1.54. The maximum absolute atomic E-state index is 13.5. The van der Waals surface area contributed by atoms with Crippen LogP contribution in [0, 0.1) is 25.2 Å². The number of hydrogen-bond acceptors (Lipinski definition) is 14. The molecule has 0 radical (unpaired) electrons. The van der Waals surface area contributed by atoms with Gasteiger partial charge in [0.2, 0.25) is 12.7 Å². The molecule has 0 saturated carbocycles. The summed E-state index contributed by atoms with van der Waals surface area (Å²) in [5, 5.41) is 13.2. The molecule has 2 aromatic carbocycles. The summed E-state index contributed by atoms with van der Waals surface area (Å²) in [4.78, 5) is 42.9. The number of ether oxygens (including phenoxy) is 7. The van der Waals surface area contributed by atoms with Crippen LogP contribution >= 0.6 is 11.8 Å². The lowest BCUT2D eigenvalue weighted by Gasteiger charge is -2.61. The van der Waals surface area contributed by atoms with Crippen LogP contribution in [0.4, 0.5) is 0 Å². The molecule has 7 atom stereocenters. The molecule has 5 heterocycles. The average molecular weight is 709 g/mol. The molecule has 5 aliphatic rings. The maximum Gasteiger partial charge on any atom is 0.329 e. The van der Waals surface area contributed by atoms with Gasteiger partial charge in [-0.15, -0.1) is 11.8 Å². The van der Waals surface area contributed by atoms with Gasteiger partial charge in [-0.2, -0.15) is 5.26 Å². The lowest BCUT2D eigenvalue weighted by Crippen LogP contribution is -2.69. The first-order valence-electron chi connectivity index (χ1n) is 16.4. The van der Waals surface area contributed by atoms with Gasteiger partial charge in [0, 0.05) is 61.0 Å². The molecule has 0 aliphatic carbocycles. The molecule has 266 valence electrons. The first-order valence-corrected chi connectivity index (χ1v) is 17.5. The standard InChI is InChI=1S/C35H40N4O10S/c1-15-8-19-9-21-22(10-36)39-23-11-45-35(42)20(37-17(3)40)12-50-34(26-25(23)33-31(47-14-48-33)16(2)30(26)49-18(4)41)28(39)27(38(21)5)24(19)32(29(15)44-7)46-13-43-6/h8,20-23,27-28,34H,9,11-14H2,1-7H3,(H,37,40)/t20-,21-,22+,23-,27-,28?,34-/m1/s1. The van der Waals surface area contributed by atoms with Crippen molar-refractivity contribution in [3.63, 3.8) is 0 Å². The Morgan fingerprint density at radius 2 is 1.84 bits per heavy atom. The summed E-state index contributed by atoms with van der Waals surface area (Å²) in [5.74, 6) is 1.06. The molecule has 14 nitrogen and oxygen atoms in total. The Kier molecular flexibility index (Phi) is 9.00. The third kappa shape index (κ3) is 5.23. The Bertz CT molecular complexity index is 1810. The minimum atomic E-state index is -0.941. The van der Waals surface area contributed by atoms with E-state index in [9.17, 15) is 19.6 Å². The minimum Gasteiger partial charge on any atom is -0.493 e. The Labute approximate surface area is 294 Å². The van der Waals surface area contributed by atoms with E-state index in [0.29, 0.717) is 51.9 Å². The van der Waals surface area contributed by atoms with Crippen LogP contribution in [0.25, 0.3) is 0 Å². The highest BCUT2D eigenvalue weighted by Gasteiger charge is 2.61. The number of rotatable bonds is 6. The van der Waals surface area contributed by atoms with Crippen LogP contribution < -0.4 is 29.0 Å². The van der Waals surface area contributed by atoms with Gasteiger partial charge >= 0.3 is 11.9 Å². The highest BCUT2D eigenvalue weighted by Crippen LogP contribution is 2.64. The van der Waals surface area contributed by atoms with E-state index in [2.05, 4.69) is 27.3 Å². The van der Waals surface area contributed by atoms with Gasteiger partial charge in [0.25, 0.3) is 0 Å². The lowest BCUT2D eigenvalue weighted by molar-refractivity contribution is -0.152. The van der Waals surface area contributed by atoms with Gasteiger partial charge < -0.3 is 38.5 Å². The summed E-state index contributed by atoms with van der Waals surface area (Å²) in [6, 6.07) is 1.32. The molecule has 2 fully saturated rings. The summed E-state index contributed by atoms with van der Waals surface area (Å²) in [6.07, 6.45) is 0.546. The number of amides is 1. The highest BCUT2D eigenvalue weighted by atomic mass is 32.2. The van der Waals surface area contributed by atoms with E-state index in [0.717, 1.165) is 16.7 Å². The molecule has 1 amide bonds. The van der Waals surface area contributed by atoms with Crippen molar-refractivity contribution >= 4 is 29.6 Å². The van der Waals surface area contributed by atoms with Gasteiger partial charge in [-0.25, -0.2) is 4.79 Å². The summed E-state index contributed by atoms with van der Waals surface area (Å²) < 4.78 is 41.8. The van der Waals surface area contributed by atoms with Crippen LogP contribution in [-0.2, 0) is 30.3 Å². The second-order valence-electron chi connectivity index (χ2n) is 13.2. The SMILES string of the molecule is COCOc1c(OC)c(C)cc2c1[C@@H]1C3[C@@H]4SC[C@@H](NC(C)=O)C(=O)OC[C@H](c5c6c(c(C)c(OC(C)=O)c54)OCO6)N3[C@@H](C#N)[C@@H](C2)N1C. The zero-order valence-corrected chi connectivity index (χ0v) is 29.8. The summed E-state index contributed by atoms with van der Waals surface area (Å²) in [6.45, 7) is 6.26. The van der Waals surface area contributed by atoms with Crippen molar-refractivity contribution in [1.82, 2.24) is 15.1 Å². The van der Waals surface area contributed by atoms with Crippen LogP contribution in [0.2, 0.25) is 0 Å². The predicted octanol–water partition coefficient (Wildman–Crippen LogP) is 3.01. The normalized spacial score (nSPS) is 28.0. The number of nitrogens with one attached hydrogen (secondary N) is 1. The van der Waals surface area contributed by atoms with Gasteiger partial charge in [-0.3, -0.25) is 19.4 Å². The van der Waals surface area contributed by atoms with Crippen molar-refractivity contribution in [2.24, 2.45) is 0 Å².